The molecule has 12 heteroatoms. The van der Waals surface area contributed by atoms with Gasteiger partial charge in [0.05, 0.1) is 35.2 Å². The summed E-state index contributed by atoms with van der Waals surface area (Å²) in [5, 5.41) is 27.8. The van der Waals surface area contributed by atoms with Crippen molar-refractivity contribution in [2.45, 2.75) is 26.7 Å². The molecular weight excluding hydrogens is 587 g/mol. The summed E-state index contributed by atoms with van der Waals surface area (Å²) in [6, 6.07) is 12.9. The van der Waals surface area contributed by atoms with Crippen LogP contribution >= 0.6 is 11.6 Å². The monoisotopic (exact) mass is 618 g/mol. The van der Waals surface area contributed by atoms with Crippen molar-refractivity contribution in [3.63, 3.8) is 0 Å². The van der Waals surface area contributed by atoms with Crippen molar-refractivity contribution in [1.82, 2.24) is 14.8 Å². The van der Waals surface area contributed by atoms with E-state index in [1.54, 1.807) is 28.9 Å². The first-order chi connectivity index (χ1) is 21.0. The average molecular weight is 619 g/mol. The molecule has 1 aliphatic carbocycles. The SMILES string of the molecule is CC1(CO)CN(c2cc(C(=O)Nc3ccc4c(c3)-c3c(c(C(N)=O)nn3-c3ccc(F)cc3)CC4)c(Cl)cn2)CC1(C)CO. The van der Waals surface area contributed by atoms with E-state index in [4.69, 9.17) is 17.3 Å². The van der Waals surface area contributed by atoms with Gasteiger partial charge in [0.2, 0.25) is 0 Å². The zero-order valence-electron chi connectivity index (χ0n) is 24.3. The van der Waals surface area contributed by atoms with Gasteiger partial charge in [0, 0.05) is 46.9 Å². The van der Waals surface area contributed by atoms with Crippen LogP contribution in [-0.4, -0.2) is 63.1 Å². The number of hydrogen-bond acceptors (Lipinski definition) is 7. The third-order valence-electron chi connectivity index (χ3n) is 9.20. The highest BCUT2D eigenvalue weighted by Crippen LogP contribution is 2.46. The Morgan fingerprint density at radius 2 is 1.73 bits per heavy atom. The van der Waals surface area contributed by atoms with E-state index in [1.165, 1.54) is 18.3 Å². The third-order valence-corrected chi connectivity index (χ3v) is 9.50. The van der Waals surface area contributed by atoms with E-state index in [-0.39, 0.29) is 29.5 Å². The minimum atomic E-state index is -0.658. The number of pyridine rings is 1. The Balaban J connectivity index is 1.33. The summed E-state index contributed by atoms with van der Waals surface area (Å²) in [6.45, 7) is 4.51. The van der Waals surface area contributed by atoms with Crippen molar-refractivity contribution < 1.29 is 24.2 Å². The summed E-state index contributed by atoms with van der Waals surface area (Å²) < 4.78 is 15.3. The Bertz CT molecular complexity index is 1780. The Labute approximate surface area is 258 Å². The van der Waals surface area contributed by atoms with Gasteiger partial charge in [0.15, 0.2) is 5.69 Å². The quantitative estimate of drug-likeness (QED) is 0.245. The molecule has 10 nitrogen and oxygen atoms in total. The molecule has 0 saturated carbocycles. The van der Waals surface area contributed by atoms with Gasteiger partial charge in [-0.3, -0.25) is 9.59 Å². The van der Waals surface area contributed by atoms with Crippen molar-refractivity contribution in [2.75, 3.05) is 36.5 Å². The lowest BCUT2D eigenvalue weighted by molar-refractivity contribution is 0.00976. The maximum absolute atomic E-state index is 13.7. The van der Waals surface area contributed by atoms with Gasteiger partial charge in [-0.1, -0.05) is 31.5 Å². The Kier molecular flexibility index (Phi) is 7.43. The van der Waals surface area contributed by atoms with E-state index in [9.17, 15) is 24.2 Å². The molecule has 2 aromatic carbocycles. The summed E-state index contributed by atoms with van der Waals surface area (Å²) in [4.78, 5) is 32.2. The van der Waals surface area contributed by atoms with Crippen LogP contribution in [0.4, 0.5) is 15.9 Å². The fraction of sp³-hybridized carbons (Fsp3) is 0.312. The van der Waals surface area contributed by atoms with E-state index in [0.29, 0.717) is 54.4 Å². The molecule has 228 valence electrons. The smallest absolute Gasteiger partial charge is 0.269 e. The van der Waals surface area contributed by atoms with Gasteiger partial charge in [-0.25, -0.2) is 14.1 Å². The van der Waals surface area contributed by atoms with Gasteiger partial charge in [-0.05, 0) is 60.9 Å². The molecule has 1 aliphatic heterocycles. The van der Waals surface area contributed by atoms with Gasteiger partial charge < -0.3 is 26.2 Å². The average Bonchev–Trinajstić information content (AvgIpc) is 3.54. The zero-order valence-corrected chi connectivity index (χ0v) is 25.0. The van der Waals surface area contributed by atoms with Crippen molar-refractivity contribution in [3.8, 4) is 16.9 Å². The van der Waals surface area contributed by atoms with Crippen LogP contribution in [0, 0.1) is 16.6 Å². The first-order valence-corrected chi connectivity index (χ1v) is 14.6. The molecule has 2 aliphatic rings. The first kappa shape index (κ1) is 29.7. The van der Waals surface area contributed by atoms with Gasteiger partial charge in [-0.15, -0.1) is 0 Å². The number of aryl methyl sites for hydroxylation is 1. The van der Waals surface area contributed by atoms with E-state index in [0.717, 1.165) is 11.1 Å². The van der Waals surface area contributed by atoms with Crippen LogP contribution in [0.15, 0.2) is 54.7 Å². The third kappa shape index (κ3) is 4.90. The first-order valence-electron chi connectivity index (χ1n) is 14.2. The van der Waals surface area contributed by atoms with Crippen LogP contribution in [0.5, 0.6) is 0 Å². The van der Waals surface area contributed by atoms with Crippen molar-refractivity contribution in [3.05, 3.63) is 88.0 Å². The second-order valence-corrected chi connectivity index (χ2v) is 12.5. The number of nitrogens with zero attached hydrogens (tertiary/aromatic N) is 4. The normalized spacial score (nSPS) is 20.7. The number of aromatic nitrogens is 3. The molecule has 2 unspecified atom stereocenters. The number of primary amides is 1. The molecule has 0 radical (unpaired) electrons. The Morgan fingerprint density at radius 1 is 1.05 bits per heavy atom. The Hall–Kier alpha value is -4.32. The van der Waals surface area contributed by atoms with Crippen LogP contribution in [0.3, 0.4) is 0 Å². The number of nitrogens with one attached hydrogen (secondary N) is 1. The number of anilines is 2. The predicted octanol–water partition coefficient (Wildman–Crippen LogP) is 3.99. The number of amides is 2. The molecule has 2 amide bonds. The minimum Gasteiger partial charge on any atom is -0.396 e. The number of aliphatic hydroxyl groups excluding tert-OH is 2. The van der Waals surface area contributed by atoms with E-state index >= 15 is 0 Å². The predicted molar refractivity (Wildman–Crippen MR) is 165 cm³/mol. The molecular formula is C32H32ClFN6O4. The molecule has 1 fully saturated rings. The summed E-state index contributed by atoms with van der Waals surface area (Å²) >= 11 is 6.44. The van der Waals surface area contributed by atoms with Crippen LogP contribution in [0.25, 0.3) is 16.9 Å². The standard InChI is InChI=1S/C32H32ClFN6O4/c1-31(16-41)14-39(15-32(31,2)17-42)26-12-24(25(33)13-36-26)30(44)37-20-7-3-18-4-10-22-27(29(35)43)38-40(28(22)23(18)11-20)21-8-5-19(34)6-9-21/h3,5-9,11-13,41-42H,4,10,14-17H2,1-2H3,(H2,35,43)(H,37,44). The van der Waals surface area contributed by atoms with Crippen molar-refractivity contribution in [1.29, 1.82) is 0 Å². The van der Waals surface area contributed by atoms with E-state index in [2.05, 4.69) is 15.4 Å². The fourth-order valence-electron chi connectivity index (χ4n) is 6.18. The van der Waals surface area contributed by atoms with Crippen molar-refractivity contribution in [2.24, 2.45) is 16.6 Å². The van der Waals surface area contributed by atoms with Crippen LogP contribution in [-0.2, 0) is 12.8 Å². The highest BCUT2D eigenvalue weighted by Gasteiger charge is 2.51. The molecule has 2 aromatic heterocycles. The number of carbonyl (C=O) groups is 2. The molecule has 0 spiro atoms. The van der Waals surface area contributed by atoms with Crippen LogP contribution in [0.2, 0.25) is 5.02 Å². The van der Waals surface area contributed by atoms with E-state index < -0.39 is 28.5 Å². The topological polar surface area (TPSA) is 147 Å². The second kappa shape index (κ2) is 11.0. The minimum absolute atomic E-state index is 0.109. The number of fused-ring (bicyclic) bond motifs is 3. The second-order valence-electron chi connectivity index (χ2n) is 12.1. The number of rotatable bonds is 7. The number of hydrogen-bond donors (Lipinski definition) is 4. The number of carbonyl (C=O) groups excluding carboxylic acids is 2. The molecule has 4 aromatic rings. The van der Waals surface area contributed by atoms with E-state index in [1.807, 2.05) is 30.9 Å². The fourth-order valence-corrected chi connectivity index (χ4v) is 6.37. The molecule has 1 saturated heterocycles. The molecule has 0 bridgehead atoms. The molecule has 3 heterocycles. The zero-order chi connectivity index (χ0) is 31.4. The molecule has 5 N–H and O–H groups in total. The Morgan fingerprint density at radius 3 is 2.36 bits per heavy atom. The van der Waals surface area contributed by atoms with Gasteiger partial charge >= 0.3 is 0 Å². The van der Waals surface area contributed by atoms with Crippen LogP contribution in [0.1, 0.15) is 45.8 Å². The lowest BCUT2D eigenvalue weighted by Gasteiger charge is -2.36. The number of halogens is 2. The molecule has 2 atom stereocenters. The summed E-state index contributed by atoms with van der Waals surface area (Å²) in [5.41, 5.74) is 9.05. The largest absolute Gasteiger partial charge is 0.396 e. The number of benzene rings is 2. The van der Waals surface area contributed by atoms with Gasteiger partial charge in [-0.2, -0.15) is 5.10 Å². The van der Waals surface area contributed by atoms with Gasteiger partial charge in [0.25, 0.3) is 11.8 Å². The van der Waals surface area contributed by atoms with Crippen LogP contribution < -0.4 is 16.0 Å². The lowest BCUT2D eigenvalue weighted by Crippen LogP contribution is -2.41. The molecule has 6 rings (SSSR count). The maximum Gasteiger partial charge on any atom is 0.269 e. The number of aliphatic hydroxyl groups is 2. The highest BCUT2D eigenvalue weighted by molar-refractivity contribution is 6.34. The maximum atomic E-state index is 13.7. The number of nitrogens with two attached hydrogens (primary N) is 1. The molecule has 44 heavy (non-hydrogen) atoms. The highest BCUT2D eigenvalue weighted by atomic mass is 35.5. The summed E-state index contributed by atoms with van der Waals surface area (Å²) in [7, 11) is 0. The lowest BCUT2D eigenvalue weighted by atomic mass is 9.69. The summed E-state index contributed by atoms with van der Waals surface area (Å²) in [5.74, 6) is -1.00. The van der Waals surface area contributed by atoms with Crippen molar-refractivity contribution >= 4 is 34.9 Å². The van der Waals surface area contributed by atoms with Gasteiger partial charge in [0.1, 0.15) is 11.6 Å². The summed E-state index contributed by atoms with van der Waals surface area (Å²) in [6.07, 6.45) is 2.60.